The normalized spacial score (nSPS) is 13.5. The molecule has 1 aromatic rings. The number of unbranched alkanes of at least 4 members (excludes halogenated alkanes) is 2. The molecule has 2 N–H and O–H groups in total. The van der Waals surface area contributed by atoms with Gasteiger partial charge in [0.2, 0.25) is 10.0 Å². The SMILES string of the molecule is CCCCCC(C)NS(=O)(=O)c1cc(CNCC)oc1C. The molecule has 122 valence electrons. The molecule has 0 spiro atoms. The van der Waals surface area contributed by atoms with E-state index in [-0.39, 0.29) is 10.9 Å². The van der Waals surface area contributed by atoms with Gasteiger partial charge in [0.15, 0.2) is 0 Å². The Labute approximate surface area is 128 Å². The molecule has 0 aliphatic carbocycles. The van der Waals surface area contributed by atoms with Gasteiger partial charge in [-0.25, -0.2) is 13.1 Å². The minimum atomic E-state index is -3.50. The first kappa shape index (κ1) is 18.2. The van der Waals surface area contributed by atoms with Gasteiger partial charge in [0.1, 0.15) is 16.4 Å². The molecule has 0 fully saturated rings. The second-order valence-electron chi connectivity index (χ2n) is 5.43. The number of hydrogen-bond donors (Lipinski definition) is 2. The van der Waals surface area contributed by atoms with E-state index < -0.39 is 10.0 Å². The minimum Gasteiger partial charge on any atom is -0.464 e. The zero-order chi connectivity index (χ0) is 15.9. The van der Waals surface area contributed by atoms with Crippen LogP contribution >= 0.6 is 0 Å². The molecule has 0 amide bonds. The van der Waals surface area contributed by atoms with E-state index >= 15 is 0 Å². The van der Waals surface area contributed by atoms with E-state index in [0.717, 1.165) is 32.2 Å². The Morgan fingerprint density at radius 3 is 2.62 bits per heavy atom. The van der Waals surface area contributed by atoms with Gasteiger partial charge < -0.3 is 9.73 Å². The van der Waals surface area contributed by atoms with Crippen molar-refractivity contribution in [3.8, 4) is 0 Å². The minimum absolute atomic E-state index is 0.0620. The maximum absolute atomic E-state index is 12.4. The number of sulfonamides is 1. The van der Waals surface area contributed by atoms with E-state index in [9.17, 15) is 8.42 Å². The zero-order valence-electron chi connectivity index (χ0n) is 13.5. The third kappa shape index (κ3) is 5.80. The van der Waals surface area contributed by atoms with Crippen LogP contribution in [0.2, 0.25) is 0 Å². The first-order chi connectivity index (χ1) is 9.90. The molecule has 1 unspecified atom stereocenters. The van der Waals surface area contributed by atoms with E-state index in [1.165, 1.54) is 0 Å². The summed E-state index contributed by atoms with van der Waals surface area (Å²) >= 11 is 0. The fourth-order valence-electron chi connectivity index (χ4n) is 2.21. The van der Waals surface area contributed by atoms with Crippen LogP contribution in [-0.2, 0) is 16.6 Å². The Balaban J connectivity index is 2.71. The highest BCUT2D eigenvalue weighted by Crippen LogP contribution is 2.20. The molecular weight excluding hydrogens is 288 g/mol. The van der Waals surface area contributed by atoms with E-state index in [4.69, 9.17) is 4.42 Å². The summed E-state index contributed by atoms with van der Waals surface area (Å²) < 4.78 is 33.0. The zero-order valence-corrected chi connectivity index (χ0v) is 14.3. The first-order valence-electron chi connectivity index (χ1n) is 7.73. The number of nitrogens with one attached hydrogen (secondary N) is 2. The molecular formula is C15H28N2O3S. The summed E-state index contributed by atoms with van der Waals surface area (Å²) in [5, 5.41) is 3.12. The van der Waals surface area contributed by atoms with Crippen LogP contribution < -0.4 is 10.0 Å². The summed E-state index contributed by atoms with van der Waals surface area (Å²) in [6.07, 6.45) is 4.15. The molecule has 0 aromatic carbocycles. The Hall–Kier alpha value is -0.850. The summed E-state index contributed by atoms with van der Waals surface area (Å²) in [5.74, 6) is 1.09. The molecule has 0 radical (unpaired) electrons. The fraction of sp³-hybridized carbons (Fsp3) is 0.733. The first-order valence-corrected chi connectivity index (χ1v) is 9.21. The fourth-order valence-corrected chi connectivity index (χ4v) is 3.70. The highest BCUT2D eigenvalue weighted by Gasteiger charge is 2.23. The predicted octanol–water partition coefficient (Wildman–Crippen LogP) is 2.94. The van der Waals surface area contributed by atoms with E-state index in [0.29, 0.717) is 18.1 Å². The third-order valence-electron chi connectivity index (χ3n) is 3.36. The number of furan rings is 1. The van der Waals surface area contributed by atoms with Gasteiger partial charge in [-0.15, -0.1) is 0 Å². The van der Waals surface area contributed by atoms with E-state index in [2.05, 4.69) is 17.0 Å². The monoisotopic (exact) mass is 316 g/mol. The lowest BCUT2D eigenvalue weighted by Gasteiger charge is -2.13. The summed E-state index contributed by atoms with van der Waals surface area (Å²) in [6.45, 7) is 9.07. The summed E-state index contributed by atoms with van der Waals surface area (Å²) in [4.78, 5) is 0.248. The Morgan fingerprint density at radius 1 is 1.29 bits per heavy atom. The van der Waals surface area contributed by atoms with Gasteiger partial charge in [-0.05, 0) is 26.8 Å². The van der Waals surface area contributed by atoms with Gasteiger partial charge in [0.25, 0.3) is 0 Å². The molecule has 0 saturated heterocycles. The van der Waals surface area contributed by atoms with Crippen molar-refractivity contribution in [2.75, 3.05) is 6.54 Å². The van der Waals surface area contributed by atoms with Gasteiger partial charge in [0, 0.05) is 12.1 Å². The lowest BCUT2D eigenvalue weighted by Crippen LogP contribution is -2.32. The average Bonchev–Trinajstić information content (AvgIpc) is 2.78. The van der Waals surface area contributed by atoms with Gasteiger partial charge in [-0.2, -0.15) is 0 Å². The molecule has 0 saturated carbocycles. The third-order valence-corrected chi connectivity index (χ3v) is 5.06. The van der Waals surface area contributed by atoms with Gasteiger partial charge >= 0.3 is 0 Å². The van der Waals surface area contributed by atoms with Crippen molar-refractivity contribution in [3.05, 3.63) is 17.6 Å². The molecule has 0 aliphatic heterocycles. The van der Waals surface area contributed by atoms with Crippen molar-refractivity contribution in [2.45, 2.75) is 70.9 Å². The van der Waals surface area contributed by atoms with Gasteiger partial charge in [-0.3, -0.25) is 0 Å². The maximum atomic E-state index is 12.4. The van der Waals surface area contributed by atoms with Gasteiger partial charge in [-0.1, -0.05) is 33.1 Å². The van der Waals surface area contributed by atoms with Crippen molar-refractivity contribution in [2.24, 2.45) is 0 Å². The molecule has 21 heavy (non-hydrogen) atoms. The predicted molar refractivity (Wildman–Crippen MR) is 84.8 cm³/mol. The van der Waals surface area contributed by atoms with Crippen LogP contribution in [-0.4, -0.2) is 21.0 Å². The van der Waals surface area contributed by atoms with Crippen molar-refractivity contribution in [3.63, 3.8) is 0 Å². The Morgan fingerprint density at radius 2 is 2.00 bits per heavy atom. The quantitative estimate of drug-likeness (QED) is 0.651. The topological polar surface area (TPSA) is 71.3 Å². The van der Waals surface area contributed by atoms with Crippen LogP contribution in [0.3, 0.4) is 0 Å². The molecule has 1 aromatic heterocycles. The van der Waals surface area contributed by atoms with Crippen molar-refractivity contribution in [1.82, 2.24) is 10.0 Å². The number of hydrogen-bond acceptors (Lipinski definition) is 4. The highest BCUT2D eigenvalue weighted by atomic mass is 32.2. The van der Waals surface area contributed by atoms with Crippen LogP contribution in [0.5, 0.6) is 0 Å². The van der Waals surface area contributed by atoms with Crippen LogP contribution in [0, 0.1) is 6.92 Å². The maximum Gasteiger partial charge on any atom is 0.244 e. The van der Waals surface area contributed by atoms with Crippen molar-refractivity contribution in [1.29, 1.82) is 0 Å². The lowest BCUT2D eigenvalue weighted by atomic mass is 10.1. The van der Waals surface area contributed by atoms with E-state index in [1.54, 1.807) is 13.0 Å². The molecule has 0 aliphatic rings. The van der Waals surface area contributed by atoms with Crippen LogP contribution in [0.25, 0.3) is 0 Å². The molecule has 1 rings (SSSR count). The number of aryl methyl sites for hydroxylation is 1. The highest BCUT2D eigenvalue weighted by molar-refractivity contribution is 7.89. The largest absolute Gasteiger partial charge is 0.464 e. The standard InChI is InChI=1S/C15H28N2O3S/c1-5-7-8-9-12(3)17-21(18,19)15-10-14(11-16-6-2)20-13(15)4/h10,12,16-17H,5-9,11H2,1-4H3. The van der Waals surface area contributed by atoms with Gasteiger partial charge in [0.05, 0.1) is 6.54 Å². The Bertz CT molecular complexity index is 523. The second kappa shape index (κ2) is 8.56. The molecule has 1 heterocycles. The molecule has 1 atom stereocenters. The van der Waals surface area contributed by atoms with Crippen molar-refractivity contribution < 1.29 is 12.8 Å². The summed E-state index contributed by atoms with van der Waals surface area (Å²) in [6, 6.07) is 1.55. The summed E-state index contributed by atoms with van der Waals surface area (Å²) in [7, 11) is -3.50. The summed E-state index contributed by atoms with van der Waals surface area (Å²) in [5.41, 5.74) is 0. The smallest absolute Gasteiger partial charge is 0.244 e. The van der Waals surface area contributed by atoms with Crippen LogP contribution in [0.1, 0.15) is 58.0 Å². The molecule has 0 bridgehead atoms. The van der Waals surface area contributed by atoms with E-state index in [1.807, 2.05) is 13.8 Å². The van der Waals surface area contributed by atoms with Crippen LogP contribution in [0.15, 0.2) is 15.4 Å². The number of rotatable bonds is 10. The second-order valence-corrected chi connectivity index (χ2v) is 7.11. The molecule has 6 heteroatoms. The molecule has 5 nitrogen and oxygen atoms in total. The average molecular weight is 316 g/mol. The van der Waals surface area contributed by atoms with Crippen molar-refractivity contribution >= 4 is 10.0 Å². The lowest BCUT2D eigenvalue weighted by molar-refractivity contribution is 0.459. The Kier molecular flexibility index (Phi) is 7.42. The van der Waals surface area contributed by atoms with Crippen LogP contribution in [0.4, 0.5) is 0 Å².